The largest absolute Gasteiger partial charge is 0.355 e. The molecule has 1 saturated heterocycles. The van der Waals surface area contributed by atoms with Gasteiger partial charge >= 0.3 is 6.03 Å². The summed E-state index contributed by atoms with van der Waals surface area (Å²) in [6.45, 7) is 6.64. The number of carbonyl (C=O) groups is 3. The van der Waals surface area contributed by atoms with Gasteiger partial charge in [-0.15, -0.1) is 0 Å². The third-order valence-corrected chi connectivity index (χ3v) is 4.05. The highest BCUT2D eigenvalue weighted by molar-refractivity contribution is 5.96. The van der Waals surface area contributed by atoms with Crippen molar-refractivity contribution in [3.8, 4) is 0 Å². The first-order chi connectivity index (χ1) is 11.4. The van der Waals surface area contributed by atoms with Crippen molar-refractivity contribution in [2.75, 3.05) is 24.5 Å². The van der Waals surface area contributed by atoms with Gasteiger partial charge in [0.2, 0.25) is 11.8 Å². The van der Waals surface area contributed by atoms with Crippen molar-refractivity contribution in [3.63, 3.8) is 0 Å². The lowest BCUT2D eigenvalue weighted by atomic mass is 10.1. The number of hydrogen-bond acceptors (Lipinski definition) is 3. The molecule has 0 bridgehead atoms. The van der Waals surface area contributed by atoms with Crippen molar-refractivity contribution in [3.05, 3.63) is 29.3 Å². The molecule has 1 aliphatic rings. The Hall–Kier alpha value is -2.57. The molecule has 130 valence electrons. The molecule has 1 atom stereocenters. The van der Waals surface area contributed by atoms with Crippen LogP contribution >= 0.6 is 0 Å². The van der Waals surface area contributed by atoms with Crippen LogP contribution in [-0.4, -0.2) is 43.5 Å². The van der Waals surface area contributed by atoms with Gasteiger partial charge in [-0.3, -0.25) is 9.59 Å². The number of aryl methyl sites for hydroxylation is 2. The summed E-state index contributed by atoms with van der Waals surface area (Å²) in [4.78, 5) is 36.5. The van der Waals surface area contributed by atoms with E-state index in [1.165, 1.54) is 12.5 Å². The van der Waals surface area contributed by atoms with E-state index in [4.69, 9.17) is 0 Å². The maximum absolute atomic E-state index is 12.2. The summed E-state index contributed by atoms with van der Waals surface area (Å²) in [5, 5.41) is 8.05. The summed E-state index contributed by atoms with van der Waals surface area (Å²) in [5.74, 6) is -0.135. The fourth-order valence-electron chi connectivity index (χ4n) is 2.60. The Bertz CT molecular complexity index is 645. The fraction of sp³-hybridized carbons (Fsp3) is 0.471. The zero-order valence-electron chi connectivity index (χ0n) is 14.3. The number of urea groups is 1. The van der Waals surface area contributed by atoms with E-state index in [0.717, 1.165) is 11.3 Å². The second-order valence-corrected chi connectivity index (χ2v) is 6.06. The van der Waals surface area contributed by atoms with E-state index in [1.807, 2.05) is 32.0 Å². The van der Waals surface area contributed by atoms with Crippen LogP contribution in [0.4, 0.5) is 10.5 Å². The molecule has 24 heavy (non-hydrogen) atoms. The number of nitrogens with one attached hydrogen (secondary N) is 3. The number of rotatable bonds is 5. The van der Waals surface area contributed by atoms with E-state index >= 15 is 0 Å². The van der Waals surface area contributed by atoms with Gasteiger partial charge in [0.15, 0.2) is 0 Å². The molecule has 0 saturated carbocycles. The van der Waals surface area contributed by atoms with Gasteiger partial charge in [0.05, 0.1) is 6.04 Å². The van der Waals surface area contributed by atoms with Crippen molar-refractivity contribution >= 4 is 23.5 Å². The molecule has 4 amide bonds. The van der Waals surface area contributed by atoms with Gasteiger partial charge in [0.1, 0.15) is 0 Å². The second kappa shape index (κ2) is 7.81. The highest BCUT2D eigenvalue weighted by Crippen LogP contribution is 2.23. The maximum atomic E-state index is 12.2. The van der Waals surface area contributed by atoms with Crippen molar-refractivity contribution in [1.29, 1.82) is 0 Å². The predicted octanol–water partition coefficient (Wildman–Crippen LogP) is 0.844. The number of nitrogens with zero attached hydrogens (tertiary/aromatic N) is 1. The van der Waals surface area contributed by atoms with Crippen LogP contribution in [0.1, 0.15) is 24.5 Å². The third kappa shape index (κ3) is 4.71. The molecule has 0 spiro atoms. The average Bonchev–Trinajstić information content (AvgIpc) is 2.87. The zero-order chi connectivity index (χ0) is 17.7. The fourth-order valence-corrected chi connectivity index (χ4v) is 2.60. The standard InChI is InChI=1S/C17H24N4O3/c1-11-4-5-15(8-12(11)2)21-10-14(9-16(21)23)20-17(24)19-7-6-18-13(3)22/h4-5,8,14H,6-7,9-10H2,1-3H3,(H,18,22)(H2,19,20,24)/t14-/m1/s1. The second-order valence-electron chi connectivity index (χ2n) is 6.06. The van der Waals surface area contributed by atoms with Gasteiger partial charge in [-0.2, -0.15) is 0 Å². The van der Waals surface area contributed by atoms with Crippen molar-refractivity contribution < 1.29 is 14.4 Å². The van der Waals surface area contributed by atoms with Crippen LogP contribution in [0, 0.1) is 13.8 Å². The van der Waals surface area contributed by atoms with E-state index in [2.05, 4.69) is 16.0 Å². The number of amides is 4. The first-order valence-electron chi connectivity index (χ1n) is 8.03. The lowest BCUT2D eigenvalue weighted by Crippen LogP contribution is -2.45. The van der Waals surface area contributed by atoms with Crippen LogP contribution < -0.4 is 20.9 Å². The molecule has 0 radical (unpaired) electrons. The molecule has 1 aromatic carbocycles. The lowest BCUT2D eigenvalue weighted by Gasteiger charge is -2.18. The number of anilines is 1. The van der Waals surface area contributed by atoms with Gasteiger partial charge in [0, 0.05) is 38.7 Å². The Morgan fingerprint density at radius 3 is 2.54 bits per heavy atom. The zero-order valence-corrected chi connectivity index (χ0v) is 14.3. The topological polar surface area (TPSA) is 90.5 Å². The van der Waals surface area contributed by atoms with E-state index in [1.54, 1.807) is 4.90 Å². The third-order valence-electron chi connectivity index (χ3n) is 4.05. The van der Waals surface area contributed by atoms with Gasteiger partial charge in [-0.1, -0.05) is 6.07 Å². The molecule has 0 aliphatic carbocycles. The van der Waals surface area contributed by atoms with Crippen LogP contribution in [0.3, 0.4) is 0 Å². The molecule has 2 rings (SSSR count). The van der Waals surface area contributed by atoms with Gasteiger partial charge in [-0.05, 0) is 37.1 Å². The normalized spacial score (nSPS) is 16.9. The molecular formula is C17H24N4O3. The Balaban J connectivity index is 1.84. The quantitative estimate of drug-likeness (QED) is 0.698. The van der Waals surface area contributed by atoms with Crippen LogP contribution in [0.2, 0.25) is 0 Å². The van der Waals surface area contributed by atoms with E-state index in [-0.39, 0.29) is 30.3 Å². The van der Waals surface area contributed by atoms with Crippen LogP contribution in [-0.2, 0) is 9.59 Å². The molecule has 7 heteroatoms. The summed E-state index contributed by atoms with van der Waals surface area (Å²) in [7, 11) is 0. The smallest absolute Gasteiger partial charge is 0.315 e. The highest BCUT2D eigenvalue weighted by Gasteiger charge is 2.31. The average molecular weight is 332 g/mol. The maximum Gasteiger partial charge on any atom is 0.315 e. The van der Waals surface area contributed by atoms with Crippen molar-refractivity contribution in [2.45, 2.75) is 33.2 Å². The van der Waals surface area contributed by atoms with Crippen LogP contribution in [0.25, 0.3) is 0 Å². The van der Waals surface area contributed by atoms with Crippen molar-refractivity contribution in [2.24, 2.45) is 0 Å². The highest BCUT2D eigenvalue weighted by atomic mass is 16.2. The van der Waals surface area contributed by atoms with Crippen LogP contribution in [0.15, 0.2) is 18.2 Å². The number of carbonyl (C=O) groups excluding carboxylic acids is 3. The lowest BCUT2D eigenvalue weighted by molar-refractivity contribution is -0.119. The molecule has 0 aromatic heterocycles. The first kappa shape index (κ1) is 17.8. The van der Waals surface area contributed by atoms with E-state index in [9.17, 15) is 14.4 Å². The molecule has 1 aliphatic heterocycles. The number of hydrogen-bond donors (Lipinski definition) is 3. The Labute approximate surface area is 141 Å². The molecule has 1 aromatic rings. The number of benzene rings is 1. The molecule has 7 nitrogen and oxygen atoms in total. The molecule has 1 heterocycles. The monoisotopic (exact) mass is 332 g/mol. The van der Waals surface area contributed by atoms with Gasteiger partial charge in [-0.25, -0.2) is 4.79 Å². The minimum Gasteiger partial charge on any atom is -0.355 e. The molecular weight excluding hydrogens is 308 g/mol. The Kier molecular flexibility index (Phi) is 5.78. The Morgan fingerprint density at radius 2 is 1.88 bits per heavy atom. The van der Waals surface area contributed by atoms with E-state index in [0.29, 0.717) is 19.6 Å². The van der Waals surface area contributed by atoms with Gasteiger partial charge < -0.3 is 20.9 Å². The summed E-state index contributed by atoms with van der Waals surface area (Å²) < 4.78 is 0. The summed E-state index contributed by atoms with van der Waals surface area (Å²) in [6, 6.07) is 5.35. The van der Waals surface area contributed by atoms with Crippen molar-refractivity contribution in [1.82, 2.24) is 16.0 Å². The predicted molar refractivity (Wildman–Crippen MR) is 91.9 cm³/mol. The minimum absolute atomic E-state index is 0.00167. The van der Waals surface area contributed by atoms with E-state index < -0.39 is 0 Å². The molecule has 0 unspecified atom stereocenters. The summed E-state index contributed by atoms with van der Waals surface area (Å²) >= 11 is 0. The minimum atomic E-state index is -0.333. The summed E-state index contributed by atoms with van der Waals surface area (Å²) in [5.41, 5.74) is 3.17. The molecule has 1 fully saturated rings. The van der Waals surface area contributed by atoms with Crippen LogP contribution in [0.5, 0.6) is 0 Å². The first-order valence-corrected chi connectivity index (χ1v) is 8.03. The SMILES string of the molecule is CC(=O)NCCNC(=O)N[C@@H]1CC(=O)N(c2ccc(C)c(C)c2)C1. The molecule has 3 N–H and O–H groups in total. The summed E-state index contributed by atoms with van der Waals surface area (Å²) in [6.07, 6.45) is 0.284. The van der Waals surface area contributed by atoms with Gasteiger partial charge in [0.25, 0.3) is 0 Å². The Morgan fingerprint density at radius 1 is 1.17 bits per heavy atom.